The van der Waals surface area contributed by atoms with Crippen LogP contribution in [0.15, 0.2) is 12.2 Å². The Balaban J connectivity index is 3.40. The van der Waals surface area contributed by atoms with Crippen LogP contribution in [0, 0.1) is 0 Å². The van der Waals surface area contributed by atoms with Crippen LogP contribution < -0.4 is 5.32 Å². The molecule has 3 N–H and O–H groups in total. The van der Waals surface area contributed by atoms with Crippen molar-refractivity contribution in [2.24, 2.45) is 0 Å². The Morgan fingerprint density at radius 2 is 0.667 bits per heavy atom. The van der Waals surface area contributed by atoms with Crippen molar-refractivity contribution in [1.82, 2.24) is 5.32 Å². The minimum absolute atomic E-state index is 0.0263. The van der Waals surface area contributed by atoms with Crippen LogP contribution in [0.5, 0.6) is 0 Å². The average molecular weight is 804 g/mol. The van der Waals surface area contributed by atoms with Crippen molar-refractivity contribution in [3.05, 3.63) is 12.2 Å². The van der Waals surface area contributed by atoms with Crippen molar-refractivity contribution in [1.29, 1.82) is 0 Å². The standard InChI is InChI=1S/C53H105NO3/c1-3-5-7-9-11-13-15-17-19-20-21-22-23-24-25-26-27-28-29-30-31-32-33-34-35-37-39-41-43-45-47-49-53(57)54-51(50-55)52(56)48-46-44-42-40-38-36-18-16-14-12-10-8-6-4-2/h24-25,51-52,55-56H,3-23,26-50H2,1-2H3,(H,54,57)/b25-24-. The molecule has 0 aromatic rings. The van der Waals surface area contributed by atoms with E-state index in [0.717, 1.165) is 25.7 Å². The van der Waals surface area contributed by atoms with Crippen LogP contribution in [0.2, 0.25) is 0 Å². The van der Waals surface area contributed by atoms with Crippen LogP contribution in [-0.4, -0.2) is 34.9 Å². The van der Waals surface area contributed by atoms with Gasteiger partial charge in [0.2, 0.25) is 5.91 Å². The lowest BCUT2D eigenvalue weighted by atomic mass is 10.0. The maximum absolute atomic E-state index is 12.4. The van der Waals surface area contributed by atoms with Gasteiger partial charge in [0.05, 0.1) is 18.8 Å². The van der Waals surface area contributed by atoms with E-state index in [1.165, 1.54) is 250 Å². The number of aliphatic hydroxyl groups is 2. The Labute approximate surface area is 358 Å². The first-order chi connectivity index (χ1) is 28.2. The number of unbranched alkanes of at least 4 members (excludes halogenated alkanes) is 40. The Kier molecular flexibility index (Phi) is 48.7. The van der Waals surface area contributed by atoms with Crippen molar-refractivity contribution in [3.8, 4) is 0 Å². The molecular weight excluding hydrogens is 699 g/mol. The molecule has 0 bridgehead atoms. The topological polar surface area (TPSA) is 69.6 Å². The monoisotopic (exact) mass is 804 g/mol. The van der Waals surface area contributed by atoms with E-state index in [9.17, 15) is 15.0 Å². The van der Waals surface area contributed by atoms with Crippen LogP contribution in [0.4, 0.5) is 0 Å². The molecule has 4 heteroatoms. The van der Waals surface area contributed by atoms with Crippen molar-refractivity contribution in [2.75, 3.05) is 6.61 Å². The maximum atomic E-state index is 12.4. The predicted octanol–water partition coefficient (Wildman–Crippen LogP) is 17.0. The molecule has 0 aromatic heterocycles. The molecule has 0 spiro atoms. The van der Waals surface area contributed by atoms with Gasteiger partial charge in [-0.3, -0.25) is 4.79 Å². The molecule has 340 valence electrons. The highest BCUT2D eigenvalue weighted by Gasteiger charge is 2.20. The fourth-order valence-electron chi connectivity index (χ4n) is 8.48. The van der Waals surface area contributed by atoms with Gasteiger partial charge in [0, 0.05) is 6.42 Å². The molecule has 0 saturated heterocycles. The second-order valence-corrected chi connectivity index (χ2v) is 18.3. The fraction of sp³-hybridized carbons (Fsp3) is 0.943. The number of hydrogen-bond acceptors (Lipinski definition) is 3. The first-order valence-corrected chi connectivity index (χ1v) is 26.4. The fourth-order valence-corrected chi connectivity index (χ4v) is 8.48. The summed E-state index contributed by atoms with van der Waals surface area (Å²) in [5, 5.41) is 23.2. The number of rotatable bonds is 49. The summed E-state index contributed by atoms with van der Waals surface area (Å²) in [5.74, 6) is -0.0263. The van der Waals surface area contributed by atoms with Gasteiger partial charge in [-0.25, -0.2) is 0 Å². The number of aliphatic hydroxyl groups excluding tert-OH is 2. The summed E-state index contributed by atoms with van der Waals surface area (Å²) >= 11 is 0. The van der Waals surface area contributed by atoms with Gasteiger partial charge in [-0.2, -0.15) is 0 Å². The zero-order chi connectivity index (χ0) is 41.4. The molecule has 1 amide bonds. The molecule has 57 heavy (non-hydrogen) atoms. The first-order valence-electron chi connectivity index (χ1n) is 26.4. The van der Waals surface area contributed by atoms with Gasteiger partial charge in [-0.05, 0) is 38.5 Å². The van der Waals surface area contributed by atoms with Crippen molar-refractivity contribution >= 4 is 5.91 Å². The zero-order valence-corrected chi connectivity index (χ0v) is 39.1. The Hall–Kier alpha value is -0.870. The van der Waals surface area contributed by atoms with Gasteiger partial charge >= 0.3 is 0 Å². The van der Waals surface area contributed by atoms with Crippen LogP contribution >= 0.6 is 0 Å². The summed E-state index contributed by atoms with van der Waals surface area (Å²) in [7, 11) is 0. The molecule has 0 saturated carbocycles. The van der Waals surface area contributed by atoms with E-state index in [1.807, 2.05) is 0 Å². The minimum atomic E-state index is -0.655. The number of amides is 1. The molecule has 0 aromatic carbocycles. The molecule has 2 unspecified atom stereocenters. The number of carbonyl (C=O) groups excluding carboxylic acids is 1. The molecule has 0 fully saturated rings. The van der Waals surface area contributed by atoms with Crippen LogP contribution in [-0.2, 0) is 4.79 Å². The van der Waals surface area contributed by atoms with E-state index < -0.39 is 12.1 Å². The maximum Gasteiger partial charge on any atom is 0.220 e. The molecule has 0 aliphatic rings. The predicted molar refractivity (Wildman–Crippen MR) is 253 cm³/mol. The molecule has 0 radical (unpaired) electrons. The number of nitrogens with one attached hydrogen (secondary N) is 1. The molecular formula is C53H105NO3. The average Bonchev–Trinajstić information content (AvgIpc) is 3.22. The summed E-state index contributed by atoms with van der Waals surface area (Å²) in [6.45, 7) is 4.39. The smallest absolute Gasteiger partial charge is 0.220 e. The highest BCUT2D eigenvalue weighted by Crippen LogP contribution is 2.17. The van der Waals surface area contributed by atoms with Gasteiger partial charge in [-0.1, -0.05) is 270 Å². The Bertz CT molecular complexity index is 784. The molecule has 4 nitrogen and oxygen atoms in total. The molecule has 2 atom stereocenters. The zero-order valence-electron chi connectivity index (χ0n) is 39.1. The Morgan fingerprint density at radius 1 is 0.404 bits per heavy atom. The van der Waals surface area contributed by atoms with Crippen LogP contribution in [0.1, 0.15) is 303 Å². The summed E-state index contributed by atoms with van der Waals surface area (Å²) in [5.41, 5.74) is 0. The van der Waals surface area contributed by atoms with E-state index in [4.69, 9.17) is 0 Å². The van der Waals surface area contributed by atoms with Crippen LogP contribution in [0.3, 0.4) is 0 Å². The number of allylic oxidation sites excluding steroid dienone is 2. The van der Waals surface area contributed by atoms with E-state index in [1.54, 1.807) is 0 Å². The highest BCUT2D eigenvalue weighted by molar-refractivity contribution is 5.76. The van der Waals surface area contributed by atoms with Crippen molar-refractivity contribution < 1.29 is 15.0 Å². The summed E-state index contributed by atoms with van der Waals surface area (Å²) in [6, 6.07) is -0.532. The third-order valence-corrected chi connectivity index (χ3v) is 12.5. The molecule has 0 rings (SSSR count). The number of hydrogen-bond donors (Lipinski definition) is 3. The third kappa shape index (κ3) is 46.1. The normalized spacial score (nSPS) is 12.8. The quantitative estimate of drug-likeness (QED) is 0.0424. The summed E-state index contributed by atoms with van der Waals surface area (Å²) < 4.78 is 0. The van der Waals surface area contributed by atoms with Crippen molar-refractivity contribution in [3.63, 3.8) is 0 Å². The second kappa shape index (κ2) is 49.5. The largest absolute Gasteiger partial charge is 0.394 e. The SMILES string of the molecule is CCCCCCCCCCCCCC/C=C\CCCCCCCCCCCCCCCCCC(=O)NC(CO)C(O)CCCCCCCCCCCCCCCC. The van der Waals surface area contributed by atoms with E-state index in [0.29, 0.717) is 12.8 Å². The summed E-state index contributed by atoms with van der Waals surface area (Å²) in [4.78, 5) is 12.4. The lowest BCUT2D eigenvalue weighted by molar-refractivity contribution is -0.123. The molecule has 0 heterocycles. The lowest BCUT2D eigenvalue weighted by Crippen LogP contribution is -2.45. The van der Waals surface area contributed by atoms with Crippen LogP contribution in [0.25, 0.3) is 0 Å². The third-order valence-electron chi connectivity index (χ3n) is 12.5. The van der Waals surface area contributed by atoms with E-state index in [-0.39, 0.29) is 12.5 Å². The van der Waals surface area contributed by atoms with E-state index >= 15 is 0 Å². The van der Waals surface area contributed by atoms with Gasteiger partial charge in [-0.15, -0.1) is 0 Å². The molecule has 0 aliphatic carbocycles. The summed E-state index contributed by atoms with van der Waals surface area (Å²) in [6.07, 6.45) is 63.3. The highest BCUT2D eigenvalue weighted by atomic mass is 16.3. The minimum Gasteiger partial charge on any atom is -0.394 e. The van der Waals surface area contributed by atoms with Gasteiger partial charge in [0.1, 0.15) is 0 Å². The van der Waals surface area contributed by atoms with Gasteiger partial charge in [0.15, 0.2) is 0 Å². The van der Waals surface area contributed by atoms with Gasteiger partial charge < -0.3 is 15.5 Å². The first kappa shape index (κ1) is 56.1. The molecule has 0 aliphatic heterocycles. The number of carbonyl (C=O) groups is 1. The second-order valence-electron chi connectivity index (χ2n) is 18.3. The lowest BCUT2D eigenvalue weighted by Gasteiger charge is -2.22. The Morgan fingerprint density at radius 3 is 0.965 bits per heavy atom. The van der Waals surface area contributed by atoms with Gasteiger partial charge in [0.25, 0.3) is 0 Å². The van der Waals surface area contributed by atoms with E-state index in [2.05, 4.69) is 31.3 Å². The van der Waals surface area contributed by atoms with Crippen molar-refractivity contribution in [2.45, 2.75) is 315 Å².